The van der Waals surface area contributed by atoms with Crippen molar-refractivity contribution in [3.8, 4) is 5.75 Å². The zero-order valence-electron chi connectivity index (χ0n) is 10.2. The number of methoxy groups -OCH3 is 1. The highest BCUT2D eigenvalue weighted by atomic mass is 35.5. The number of halogens is 1. The van der Waals surface area contributed by atoms with Crippen LogP contribution in [0.3, 0.4) is 0 Å². The Labute approximate surface area is 114 Å². The summed E-state index contributed by atoms with van der Waals surface area (Å²) in [7, 11) is 1.53. The lowest BCUT2D eigenvalue weighted by molar-refractivity contribution is -0.116. The monoisotopic (exact) mass is 281 g/mol. The van der Waals surface area contributed by atoms with E-state index in [0.717, 1.165) is 0 Å². The minimum absolute atomic E-state index is 0.170. The van der Waals surface area contributed by atoms with Crippen molar-refractivity contribution in [2.24, 2.45) is 0 Å². The molecule has 7 nitrogen and oxygen atoms in total. The highest BCUT2D eigenvalue weighted by molar-refractivity contribution is 6.31. The van der Waals surface area contributed by atoms with Gasteiger partial charge in [0.2, 0.25) is 5.91 Å². The van der Waals surface area contributed by atoms with Crippen molar-refractivity contribution in [1.82, 2.24) is 20.2 Å². The Kier molecular flexibility index (Phi) is 4.30. The molecule has 1 aromatic carbocycles. The number of hydrogen-bond acceptors (Lipinski definition) is 5. The van der Waals surface area contributed by atoms with E-state index in [1.165, 1.54) is 18.1 Å². The van der Waals surface area contributed by atoms with Gasteiger partial charge in [-0.25, -0.2) is 4.68 Å². The van der Waals surface area contributed by atoms with Crippen molar-refractivity contribution in [2.45, 2.75) is 13.0 Å². The van der Waals surface area contributed by atoms with Crippen molar-refractivity contribution < 1.29 is 9.53 Å². The fraction of sp³-hybridized carbons (Fsp3) is 0.273. The summed E-state index contributed by atoms with van der Waals surface area (Å²) in [6.45, 7) is 0.404. The van der Waals surface area contributed by atoms with E-state index >= 15 is 0 Å². The van der Waals surface area contributed by atoms with Crippen LogP contribution in [-0.4, -0.2) is 33.2 Å². The Morgan fingerprint density at radius 1 is 1.53 bits per heavy atom. The zero-order chi connectivity index (χ0) is 13.7. The summed E-state index contributed by atoms with van der Waals surface area (Å²) in [6.07, 6.45) is 1.70. The van der Waals surface area contributed by atoms with Gasteiger partial charge in [-0.05, 0) is 28.6 Å². The van der Waals surface area contributed by atoms with Crippen molar-refractivity contribution in [3.05, 3.63) is 29.5 Å². The Morgan fingerprint density at radius 3 is 3.05 bits per heavy atom. The van der Waals surface area contributed by atoms with Crippen molar-refractivity contribution in [3.63, 3.8) is 0 Å². The first kappa shape index (κ1) is 13.3. The van der Waals surface area contributed by atoms with Crippen LogP contribution in [0, 0.1) is 0 Å². The quantitative estimate of drug-likeness (QED) is 0.895. The summed E-state index contributed by atoms with van der Waals surface area (Å²) in [6, 6.07) is 5.02. The summed E-state index contributed by atoms with van der Waals surface area (Å²) < 4.78 is 6.62. The molecular formula is C11H12ClN5O2. The SMILES string of the molecule is COc1ccc(Cl)cc1NC(=O)CCn1cnnn1. The number of ether oxygens (including phenoxy) is 1. The summed E-state index contributed by atoms with van der Waals surface area (Å²) in [5.41, 5.74) is 0.539. The molecule has 0 unspecified atom stereocenters. The molecule has 1 amide bonds. The van der Waals surface area contributed by atoms with E-state index in [4.69, 9.17) is 16.3 Å². The Hall–Kier alpha value is -2.15. The van der Waals surface area contributed by atoms with Crippen LogP contribution in [0.15, 0.2) is 24.5 Å². The average molecular weight is 282 g/mol. The van der Waals surface area contributed by atoms with E-state index in [-0.39, 0.29) is 12.3 Å². The number of aromatic nitrogens is 4. The van der Waals surface area contributed by atoms with E-state index in [2.05, 4.69) is 20.8 Å². The number of nitrogens with one attached hydrogen (secondary N) is 1. The smallest absolute Gasteiger partial charge is 0.226 e. The normalized spacial score (nSPS) is 10.2. The van der Waals surface area contributed by atoms with E-state index in [1.54, 1.807) is 18.2 Å². The molecule has 8 heteroatoms. The maximum Gasteiger partial charge on any atom is 0.226 e. The Bertz CT molecular complexity index is 558. The van der Waals surface area contributed by atoms with Gasteiger partial charge < -0.3 is 10.1 Å². The molecule has 2 rings (SSSR count). The van der Waals surface area contributed by atoms with Gasteiger partial charge in [0.1, 0.15) is 12.1 Å². The summed E-state index contributed by atoms with van der Waals surface area (Å²) >= 11 is 5.88. The number of amides is 1. The van der Waals surface area contributed by atoms with Crippen LogP contribution in [0.2, 0.25) is 5.02 Å². The van der Waals surface area contributed by atoms with Gasteiger partial charge >= 0.3 is 0 Å². The molecule has 100 valence electrons. The lowest BCUT2D eigenvalue weighted by Gasteiger charge is -2.10. The number of aryl methyl sites for hydroxylation is 1. The number of tetrazole rings is 1. The highest BCUT2D eigenvalue weighted by Gasteiger charge is 2.08. The minimum atomic E-state index is -0.170. The molecule has 0 saturated heterocycles. The third-order valence-electron chi connectivity index (χ3n) is 2.40. The predicted octanol–water partition coefficient (Wildman–Crippen LogP) is 1.36. The molecule has 1 N–H and O–H groups in total. The fourth-order valence-electron chi connectivity index (χ4n) is 1.49. The number of anilines is 1. The fourth-order valence-corrected chi connectivity index (χ4v) is 1.66. The van der Waals surface area contributed by atoms with Gasteiger partial charge in [-0.2, -0.15) is 0 Å². The Morgan fingerprint density at radius 2 is 2.37 bits per heavy atom. The van der Waals surface area contributed by atoms with Crippen LogP contribution >= 0.6 is 11.6 Å². The topological polar surface area (TPSA) is 81.9 Å². The number of hydrogen-bond donors (Lipinski definition) is 1. The largest absolute Gasteiger partial charge is 0.495 e. The second-order valence-electron chi connectivity index (χ2n) is 3.72. The molecule has 0 aliphatic rings. The van der Waals surface area contributed by atoms with Crippen LogP contribution in [0.5, 0.6) is 5.75 Å². The molecule has 1 heterocycles. The number of carbonyl (C=O) groups excluding carboxylic acids is 1. The second-order valence-corrected chi connectivity index (χ2v) is 4.15. The van der Waals surface area contributed by atoms with Crippen LogP contribution in [-0.2, 0) is 11.3 Å². The lowest BCUT2D eigenvalue weighted by Crippen LogP contribution is -2.15. The van der Waals surface area contributed by atoms with E-state index < -0.39 is 0 Å². The number of rotatable bonds is 5. The van der Waals surface area contributed by atoms with Crippen LogP contribution in [0.25, 0.3) is 0 Å². The van der Waals surface area contributed by atoms with E-state index in [1.807, 2.05) is 0 Å². The van der Waals surface area contributed by atoms with Gasteiger partial charge in [0.15, 0.2) is 0 Å². The van der Waals surface area contributed by atoms with Gasteiger partial charge in [-0.3, -0.25) is 4.79 Å². The molecule has 0 aliphatic heterocycles. The molecule has 0 aliphatic carbocycles. The Balaban J connectivity index is 1.96. The molecule has 0 spiro atoms. The third-order valence-corrected chi connectivity index (χ3v) is 2.63. The maximum atomic E-state index is 11.8. The van der Waals surface area contributed by atoms with Crippen LogP contribution in [0.1, 0.15) is 6.42 Å². The summed E-state index contributed by atoms with van der Waals surface area (Å²) in [4.78, 5) is 11.8. The highest BCUT2D eigenvalue weighted by Crippen LogP contribution is 2.27. The van der Waals surface area contributed by atoms with Crippen molar-refractivity contribution >= 4 is 23.2 Å². The molecule has 0 radical (unpaired) electrons. The lowest BCUT2D eigenvalue weighted by atomic mass is 10.2. The molecule has 19 heavy (non-hydrogen) atoms. The third kappa shape index (κ3) is 3.65. The second kappa shape index (κ2) is 6.14. The first-order valence-corrected chi connectivity index (χ1v) is 5.91. The first-order chi connectivity index (χ1) is 9.19. The van der Waals surface area contributed by atoms with Gasteiger partial charge in [0, 0.05) is 11.4 Å². The summed E-state index contributed by atoms with van der Waals surface area (Å²) in [5, 5.41) is 13.9. The zero-order valence-corrected chi connectivity index (χ0v) is 11.0. The summed E-state index contributed by atoms with van der Waals surface area (Å²) in [5.74, 6) is 0.385. The standard InChI is InChI=1S/C11H12ClN5O2/c1-19-10-3-2-8(12)6-9(10)14-11(18)4-5-17-7-13-15-16-17/h2-3,6-7H,4-5H2,1H3,(H,14,18). The molecular weight excluding hydrogens is 270 g/mol. The van der Waals surface area contributed by atoms with Gasteiger partial charge in [-0.1, -0.05) is 11.6 Å². The minimum Gasteiger partial charge on any atom is -0.495 e. The van der Waals surface area contributed by atoms with Gasteiger partial charge in [0.25, 0.3) is 0 Å². The molecule has 0 saturated carbocycles. The van der Waals surface area contributed by atoms with Crippen molar-refractivity contribution in [1.29, 1.82) is 0 Å². The van der Waals surface area contributed by atoms with Crippen LogP contribution < -0.4 is 10.1 Å². The maximum absolute atomic E-state index is 11.8. The molecule has 0 atom stereocenters. The predicted molar refractivity (Wildman–Crippen MR) is 69.1 cm³/mol. The van der Waals surface area contributed by atoms with Crippen molar-refractivity contribution in [2.75, 3.05) is 12.4 Å². The van der Waals surface area contributed by atoms with Gasteiger partial charge in [0.05, 0.1) is 19.3 Å². The van der Waals surface area contributed by atoms with E-state index in [9.17, 15) is 4.79 Å². The molecule has 2 aromatic rings. The molecule has 0 fully saturated rings. The molecule has 1 aromatic heterocycles. The molecule has 0 bridgehead atoms. The number of nitrogens with zero attached hydrogens (tertiary/aromatic N) is 4. The van der Waals surface area contributed by atoms with E-state index in [0.29, 0.717) is 23.0 Å². The average Bonchev–Trinajstić information content (AvgIpc) is 2.90. The first-order valence-electron chi connectivity index (χ1n) is 5.53. The number of benzene rings is 1. The van der Waals surface area contributed by atoms with Crippen LogP contribution in [0.4, 0.5) is 5.69 Å². The van der Waals surface area contributed by atoms with Gasteiger partial charge in [-0.15, -0.1) is 5.10 Å². The number of carbonyl (C=O) groups is 1.